The number of benzene rings is 1. The number of hydrogen-bond donors (Lipinski definition) is 0. The van der Waals surface area contributed by atoms with Crippen molar-refractivity contribution in [3.8, 4) is 17.0 Å². The normalized spacial score (nSPS) is 11.4. The van der Waals surface area contributed by atoms with Crippen molar-refractivity contribution in [1.82, 2.24) is 4.98 Å². The summed E-state index contributed by atoms with van der Waals surface area (Å²) >= 11 is 0. The summed E-state index contributed by atoms with van der Waals surface area (Å²) in [5.41, 5.74) is 0.127. The second-order valence-electron chi connectivity index (χ2n) is 4.63. The Hall–Kier alpha value is -2.04. The summed E-state index contributed by atoms with van der Waals surface area (Å²) in [6.07, 6.45) is -1.03. The first-order chi connectivity index (χ1) is 10.0. The first kappa shape index (κ1) is 15.4. The molecule has 0 saturated heterocycles. The Morgan fingerprint density at radius 1 is 1.14 bits per heavy atom. The highest BCUT2D eigenvalue weighted by Crippen LogP contribution is 2.36. The van der Waals surface area contributed by atoms with Crippen LogP contribution in [0.5, 0.6) is 5.75 Å². The van der Waals surface area contributed by atoms with Crippen LogP contribution < -0.4 is 4.74 Å². The van der Waals surface area contributed by atoms with Crippen molar-refractivity contribution in [2.75, 3.05) is 6.61 Å². The van der Waals surface area contributed by atoms with Crippen LogP contribution in [0.15, 0.2) is 42.6 Å². The minimum atomic E-state index is -4.38. The zero-order valence-corrected chi connectivity index (χ0v) is 11.7. The van der Waals surface area contributed by atoms with E-state index in [4.69, 9.17) is 4.74 Å². The van der Waals surface area contributed by atoms with E-state index in [0.717, 1.165) is 25.0 Å². The number of rotatable bonds is 5. The molecule has 0 spiro atoms. The van der Waals surface area contributed by atoms with Crippen molar-refractivity contribution in [3.05, 3.63) is 48.2 Å². The van der Waals surface area contributed by atoms with Gasteiger partial charge in [-0.3, -0.25) is 4.98 Å². The van der Waals surface area contributed by atoms with Crippen LogP contribution in [0, 0.1) is 0 Å². The molecule has 21 heavy (non-hydrogen) atoms. The van der Waals surface area contributed by atoms with Gasteiger partial charge in [-0.05, 0) is 36.8 Å². The lowest BCUT2D eigenvalue weighted by Crippen LogP contribution is -2.06. The second-order valence-corrected chi connectivity index (χ2v) is 4.63. The number of pyridine rings is 1. The summed E-state index contributed by atoms with van der Waals surface area (Å²) < 4.78 is 44.2. The molecule has 2 aromatic rings. The summed E-state index contributed by atoms with van der Waals surface area (Å²) in [5.74, 6) is 0.426. The van der Waals surface area contributed by atoms with Crippen molar-refractivity contribution < 1.29 is 17.9 Å². The average Bonchev–Trinajstić information content (AvgIpc) is 2.47. The molecule has 5 heteroatoms. The van der Waals surface area contributed by atoms with Crippen molar-refractivity contribution in [1.29, 1.82) is 0 Å². The summed E-state index contributed by atoms with van der Waals surface area (Å²) in [5, 5.41) is 0. The molecule has 112 valence electrons. The first-order valence-electron chi connectivity index (χ1n) is 6.78. The lowest BCUT2D eigenvalue weighted by atomic mass is 10.1. The summed E-state index contributed by atoms with van der Waals surface area (Å²) in [4.78, 5) is 4.11. The van der Waals surface area contributed by atoms with Crippen LogP contribution in [-0.4, -0.2) is 11.6 Å². The van der Waals surface area contributed by atoms with Crippen molar-refractivity contribution in [3.63, 3.8) is 0 Å². The molecule has 0 aliphatic carbocycles. The fourth-order valence-corrected chi connectivity index (χ4v) is 1.88. The topological polar surface area (TPSA) is 22.1 Å². The molecule has 0 atom stereocenters. The molecule has 0 saturated carbocycles. The highest BCUT2D eigenvalue weighted by molar-refractivity contribution is 5.68. The van der Waals surface area contributed by atoms with Gasteiger partial charge in [0.1, 0.15) is 5.75 Å². The molecule has 0 bridgehead atoms. The van der Waals surface area contributed by atoms with E-state index < -0.39 is 11.7 Å². The van der Waals surface area contributed by atoms with Gasteiger partial charge in [0, 0.05) is 11.8 Å². The fourth-order valence-electron chi connectivity index (χ4n) is 1.88. The first-order valence-corrected chi connectivity index (χ1v) is 6.78. The maximum Gasteiger partial charge on any atom is 0.416 e. The van der Waals surface area contributed by atoms with Crippen LogP contribution >= 0.6 is 0 Å². The Morgan fingerprint density at radius 3 is 2.57 bits per heavy atom. The SMILES string of the molecule is CCCCOc1ccc(C(F)(F)F)cc1-c1ccccn1. The van der Waals surface area contributed by atoms with Gasteiger partial charge < -0.3 is 4.74 Å². The summed E-state index contributed by atoms with van der Waals surface area (Å²) in [6.45, 7) is 2.50. The van der Waals surface area contributed by atoms with E-state index in [1.54, 1.807) is 24.4 Å². The van der Waals surface area contributed by atoms with E-state index in [1.165, 1.54) is 6.07 Å². The number of nitrogens with zero attached hydrogens (tertiary/aromatic N) is 1. The van der Waals surface area contributed by atoms with E-state index in [1.807, 2.05) is 6.92 Å². The van der Waals surface area contributed by atoms with Crippen LogP contribution in [0.25, 0.3) is 11.3 Å². The van der Waals surface area contributed by atoms with Gasteiger partial charge in [-0.2, -0.15) is 13.2 Å². The van der Waals surface area contributed by atoms with Crippen LogP contribution in [0.2, 0.25) is 0 Å². The van der Waals surface area contributed by atoms with Gasteiger partial charge in [0.15, 0.2) is 0 Å². The molecule has 0 N–H and O–H groups in total. The number of hydrogen-bond acceptors (Lipinski definition) is 2. The summed E-state index contributed by atoms with van der Waals surface area (Å²) in [6, 6.07) is 8.61. The fraction of sp³-hybridized carbons (Fsp3) is 0.312. The van der Waals surface area contributed by atoms with Crippen molar-refractivity contribution in [2.45, 2.75) is 25.9 Å². The molecule has 1 aromatic carbocycles. The average molecular weight is 295 g/mol. The third-order valence-electron chi connectivity index (χ3n) is 3.00. The largest absolute Gasteiger partial charge is 0.493 e. The van der Waals surface area contributed by atoms with Crippen LogP contribution in [0.4, 0.5) is 13.2 Å². The van der Waals surface area contributed by atoms with Gasteiger partial charge in [0.2, 0.25) is 0 Å². The Bertz CT molecular complexity index is 582. The van der Waals surface area contributed by atoms with Gasteiger partial charge in [0.05, 0.1) is 17.9 Å². The third kappa shape index (κ3) is 3.97. The van der Waals surface area contributed by atoms with Gasteiger partial charge in [0.25, 0.3) is 0 Å². The van der Waals surface area contributed by atoms with Gasteiger partial charge in [-0.15, -0.1) is 0 Å². The number of halogens is 3. The Kier molecular flexibility index (Phi) is 4.83. The Labute approximate surface area is 121 Å². The predicted octanol–water partition coefficient (Wildman–Crippen LogP) is 4.95. The molecule has 1 aromatic heterocycles. The molecule has 0 fully saturated rings. The van der Waals surface area contributed by atoms with Crippen LogP contribution in [0.3, 0.4) is 0 Å². The van der Waals surface area contributed by atoms with E-state index in [-0.39, 0.29) is 0 Å². The molecule has 0 unspecified atom stereocenters. The highest BCUT2D eigenvalue weighted by Gasteiger charge is 2.31. The number of aromatic nitrogens is 1. The summed E-state index contributed by atoms with van der Waals surface area (Å²) in [7, 11) is 0. The maximum atomic E-state index is 12.9. The highest BCUT2D eigenvalue weighted by atomic mass is 19.4. The molecule has 1 heterocycles. The van der Waals surface area contributed by atoms with Crippen LogP contribution in [-0.2, 0) is 6.18 Å². The van der Waals surface area contributed by atoms with E-state index in [0.29, 0.717) is 23.6 Å². The van der Waals surface area contributed by atoms with Gasteiger partial charge in [-0.25, -0.2) is 0 Å². The van der Waals surface area contributed by atoms with E-state index in [2.05, 4.69) is 4.98 Å². The van der Waals surface area contributed by atoms with Crippen LogP contribution in [0.1, 0.15) is 25.3 Å². The minimum Gasteiger partial charge on any atom is -0.493 e. The van der Waals surface area contributed by atoms with Crippen molar-refractivity contribution in [2.24, 2.45) is 0 Å². The predicted molar refractivity (Wildman–Crippen MR) is 75.1 cm³/mol. The molecule has 0 amide bonds. The number of ether oxygens (including phenoxy) is 1. The Balaban J connectivity index is 2.41. The molecular weight excluding hydrogens is 279 g/mol. The maximum absolute atomic E-state index is 12.9. The minimum absolute atomic E-state index is 0.363. The van der Waals surface area contributed by atoms with Gasteiger partial charge in [-0.1, -0.05) is 19.4 Å². The molecule has 0 radical (unpaired) electrons. The lowest BCUT2D eigenvalue weighted by Gasteiger charge is -2.14. The zero-order chi connectivity index (χ0) is 15.3. The number of unbranched alkanes of at least 4 members (excludes halogenated alkanes) is 1. The number of alkyl halides is 3. The van der Waals surface area contributed by atoms with Crippen molar-refractivity contribution >= 4 is 0 Å². The third-order valence-corrected chi connectivity index (χ3v) is 3.00. The quantitative estimate of drug-likeness (QED) is 0.728. The Morgan fingerprint density at radius 2 is 1.95 bits per heavy atom. The monoisotopic (exact) mass is 295 g/mol. The second kappa shape index (κ2) is 6.61. The zero-order valence-electron chi connectivity index (χ0n) is 11.7. The molecule has 2 rings (SSSR count). The van der Waals surface area contributed by atoms with Gasteiger partial charge >= 0.3 is 6.18 Å². The molecular formula is C16H16F3NO. The molecule has 0 aliphatic rings. The molecule has 2 nitrogen and oxygen atoms in total. The smallest absolute Gasteiger partial charge is 0.416 e. The lowest BCUT2D eigenvalue weighted by molar-refractivity contribution is -0.137. The van der Waals surface area contributed by atoms with E-state index in [9.17, 15) is 13.2 Å². The standard InChI is InChI=1S/C16H16F3NO/c1-2-3-10-21-15-8-7-12(16(17,18)19)11-13(15)14-6-4-5-9-20-14/h4-9,11H,2-3,10H2,1H3. The van der Waals surface area contributed by atoms with E-state index >= 15 is 0 Å². The molecule has 0 aliphatic heterocycles.